The predicted octanol–water partition coefficient (Wildman–Crippen LogP) is 0.648. The van der Waals surface area contributed by atoms with Crippen LogP contribution in [0.15, 0.2) is 18.2 Å². The second kappa shape index (κ2) is 3.74. The first-order chi connectivity index (χ1) is 8.16. The molecule has 4 heteroatoms. The normalized spacial score (nSPS) is 29.8. The summed E-state index contributed by atoms with van der Waals surface area (Å²) in [5, 5.41) is 16.0. The first-order valence-corrected chi connectivity index (χ1v) is 5.98. The average molecular weight is 232 g/mol. The van der Waals surface area contributed by atoms with Gasteiger partial charge in [0.1, 0.15) is 5.75 Å². The molecule has 2 unspecified atom stereocenters. The standard InChI is InChI=1S/C13H16N2O2/c1-7-2-3-11(16)8(4-7)13(17)15-12-9-5-14-6-10(9)12/h2-4,9-10,12,14,16H,5-6H2,1H3,(H,15,17). The van der Waals surface area contributed by atoms with E-state index in [2.05, 4.69) is 10.6 Å². The number of piperidine rings is 1. The molecular weight excluding hydrogens is 216 g/mol. The molecular formula is C13H16N2O2. The van der Waals surface area contributed by atoms with Crippen LogP contribution in [0.25, 0.3) is 0 Å². The monoisotopic (exact) mass is 232 g/mol. The average Bonchev–Trinajstić information content (AvgIpc) is 2.76. The van der Waals surface area contributed by atoms with Gasteiger partial charge in [0.2, 0.25) is 0 Å². The van der Waals surface area contributed by atoms with Gasteiger partial charge >= 0.3 is 0 Å². The van der Waals surface area contributed by atoms with Gasteiger partial charge in [-0.1, -0.05) is 11.6 Å². The molecule has 0 aromatic heterocycles. The quantitative estimate of drug-likeness (QED) is 0.701. The Kier molecular flexibility index (Phi) is 2.33. The van der Waals surface area contributed by atoms with E-state index in [9.17, 15) is 9.90 Å². The number of phenols is 1. The Morgan fingerprint density at radius 2 is 2.12 bits per heavy atom. The third-order valence-electron chi connectivity index (χ3n) is 3.79. The van der Waals surface area contributed by atoms with Crippen molar-refractivity contribution >= 4 is 5.91 Å². The molecule has 1 heterocycles. The molecule has 3 N–H and O–H groups in total. The number of hydrogen-bond donors (Lipinski definition) is 3. The van der Waals surface area contributed by atoms with Crippen LogP contribution in [0.2, 0.25) is 0 Å². The van der Waals surface area contributed by atoms with Gasteiger partial charge in [0, 0.05) is 19.1 Å². The Labute approximate surface area is 100 Å². The van der Waals surface area contributed by atoms with Crippen LogP contribution in [0, 0.1) is 18.8 Å². The maximum atomic E-state index is 12.0. The van der Waals surface area contributed by atoms with E-state index in [4.69, 9.17) is 0 Å². The van der Waals surface area contributed by atoms with Crippen molar-refractivity contribution in [1.29, 1.82) is 0 Å². The lowest BCUT2D eigenvalue weighted by Gasteiger charge is -2.09. The number of aromatic hydroxyl groups is 1. The Balaban J connectivity index is 1.72. The highest BCUT2D eigenvalue weighted by Gasteiger charge is 2.53. The van der Waals surface area contributed by atoms with Gasteiger partial charge in [-0.25, -0.2) is 0 Å². The topological polar surface area (TPSA) is 61.4 Å². The Morgan fingerprint density at radius 3 is 2.82 bits per heavy atom. The highest BCUT2D eigenvalue weighted by molar-refractivity contribution is 5.97. The number of rotatable bonds is 2. The highest BCUT2D eigenvalue weighted by Crippen LogP contribution is 2.41. The van der Waals surface area contributed by atoms with Gasteiger partial charge in [0.15, 0.2) is 0 Å². The predicted molar refractivity (Wildman–Crippen MR) is 63.9 cm³/mol. The van der Waals surface area contributed by atoms with Gasteiger partial charge in [-0.3, -0.25) is 4.79 Å². The summed E-state index contributed by atoms with van der Waals surface area (Å²) in [6.45, 7) is 3.90. The first-order valence-electron chi connectivity index (χ1n) is 5.98. The Hall–Kier alpha value is -1.55. The molecule has 1 aliphatic carbocycles. The molecule has 1 saturated carbocycles. The molecule has 1 aliphatic heterocycles. The molecule has 1 aromatic rings. The number of amides is 1. The number of benzene rings is 1. The van der Waals surface area contributed by atoms with Crippen LogP contribution in [0.1, 0.15) is 15.9 Å². The van der Waals surface area contributed by atoms with Crippen molar-refractivity contribution in [3.8, 4) is 5.75 Å². The molecule has 17 heavy (non-hydrogen) atoms. The highest BCUT2D eigenvalue weighted by atomic mass is 16.3. The first kappa shape index (κ1) is 10.6. The van der Waals surface area contributed by atoms with Gasteiger partial charge < -0.3 is 15.7 Å². The maximum absolute atomic E-state index is 12.0. The Morgan fingerprint density at radius 1 is 1.41 bits per heavy atom. The summed E-state index contributed by atoms with van der Waals surface area (Å²) in [5.74, 6) is 1.07. The number of carbonyl (C=O) groups excluding carboxylic acids is 1. The molecule has 0 spiro atoms. The molecule has 2 atom stereocenters. The summed E-state index contributed by atoms with van der Waals surface area (Å²) in [6, 6.07) is 5.38. The lowest BCUT2D eigenvalue weighted by Crippen LogP contribution is -2.32. The van der Waals surface area contributed by atoms with E-state index in [0.717, 1.165) is 18.7 Å². The summed E-state index contributed by atoms with van der Waals surface area (Å²) < 4.78 is 0. The second-order valence-electron chi connectivity index (χ2n) is 5.01. The largest absolute Gasteiger partial charge is 0.507 e. The molecule has 0 radical (unpaired) electrons. The van der Waals surface area contributed by atoms with Gasteiger partial charge in [-0.15, -0.1) is 0 Å². The van der Waals surface area contributed by atoms with E-state index < -0.39 is 0 Å². The molecule has 2 fully saturated rings. The Bertz CT molecular complexity index is 462. The number of fused-ring (bicyclic) bond motifs is 1. The van der Waals surface area contributed by atoms with Crippen LogP contribution in [-0.2, 0) is 0 Å². The van der Waals surface area contributed by atoms with Crippen molar-refractivity contribution in [2.24, 2.45) is 11.8 Å². The summed E-state index contributed by atoms with van der Waals surface area (Å²) in [7, 11) is 0. The van der Waals surface area contributed by atoms with Gasteiger partial charge in [-0.05, 0) is 30.9 Å². The molecule has 1 aromatic carbocycles. The third kappa shape index (κ3) is 1.78. The zero-order valence-electron chi connectivity index (χ0n) is 9.73. The second-order valence-corrected chi connectivity index (χ2v) is 5.01. The summed E-state index contributed by atoms with van der Waals surface area (Å²) in [6.07, 6.45) is 0. The van der Waals surface area contributed by atoms with Crippen LogP contribution in [-0.4, -0.2) is 30.1 Å². The van der Waals surface area contributed by atoms with E-state index in [0.29, 0.717) is 23.4 Å². The van der Waals surface area contributed by atoms with Gasteiger partial charge in [-0.2, -0.15) is 0 Å². The van der Waals surface area contributed by atoms with Crippen molar-refractivity contribution in [2.45, 2.75) is 13.0 Å². The number of carbonyl (C=O) groups is 1. The number of nitrogens with one attached hydrogen (secondary N) is 2. The molecule has 4 nitrogen and oxygen atoms in total. The van der Waals surface area contributed by atoms with E-state index in [1.54, 1.807) is 18.2 Å². The number of phenolic OH excluding ortho intramolecular Hbond substituents is 1. The van der Waals surface area contributed by atoms with Gasteiger partial charge in [0.05, 0.1) is 5.56 Å². The van der Waals surface area contributed by atoms with Crippen molar-refractivity contribution in [3.05, 3.63) is 29.3 Å². The fourth-order valence-electron chi connectivity index (χ4n) is 2.69. The van der Waals surface area contributed by atoms with E-state index in [1.165, 1.54) is 0 Å². The lowest BCUT2D eigenvalue weighted by atomic mass is 10.1. The lowest BCUT2D eigenvalue weighted by molar-refractivity contribution is 0.0944. The van der Waals surface area contributed by atoms with Crippen molar-refractivity contribution < 1.29 is 9.90 Å². The minimum absolute atomic E-state index is 0.0528. The van der Waals surface area contributed by atoms with Crippen LogP contribution in [0.5, 0.6) is 5.75 Å². The van der Waals surface area contributed by atoms with E-state index in [-0.39, 0.29) is 11.7 Å². The molecule has 90 valence electrons. The fraction of sp³-hybridized carbons (Fsp3) is 0.462. The third-order valence-corrected chi connectivity index (χ3v) is 3.79. The van der Waals surface area contributed by atoms with Crippen LogP contribution >= 0.6 is 0 Å². The van der Waals surface area contributed by atoms with E-state index >= 15 is 0 Å². The smallest absolute Gasteiger partial charge is 0.255 e. The molecule has 2 aliphatic rings. The van der Waals surface area contributed by atoms with Crippen molar-refractivity contribution in [2.75, 3.05) is 13.1 Å². The SMILES string of the molecule is Cc1ccc(O)c(C(=O)NC2C3CNCC32)c1. The summed E-state index contributed by atoms with van der Waals surface area (Å²) >= 11 is 0. The maximum Gasteiger partial charge on any atom is 0.255 e. The van der Waals surface area contributed by atoms with Crippen LogP contribution in [0.4, 0.5) is 0 Å². The molecule has 1 amide bonds. The summed E-state index contributed by atoms with van der Waals surface area (Å²) in [4.78, 5) is 12.0. The number of hydrogen-bond acceptors (Lipinski definition) is 3. The minimum Gasteiger partial charge on any atom is -0.507 e. The summed E-state index contributed by atoms with van der Waals surface area (Å²) in [5.41, 5.74) is 1.36. The molecule has 1 saturated heterocycles. The fourth-order valence-corrected chi connectivity index (χ4v) is 2.69. The zero-order chi connectivity index (χ0) is 12.0. The van der Waals surface area contributed by atoms with Crippen LogP contribution < -0.4 is 10.6 Å². The van der Waals surface area contributed by atoms with Gasteiger partial charge in [0.25, 0.3) is 5.91 Å². The van der Waals surface area contributed by atoms with E-state index in [1.807, 2.05) is 6.92 Å². The van der Waals surface area contributed by atoms with Crippen molar-refractivity contribution in [3.63, 3.8) is 0 Å². The van der Waals surface area contributed by atoms with Crippen LogP contribution in [0.3, 0.4) is 0 Å². The molecule has 3 rings (SSSR count). The molecule has 0 bridgehead atoms. The zero-order valence-corrected chi connectivity index (χ0v) is 9.73. The minimum atomic E-state index is -0.161. The number of aryl methyl sites for hydroxylation is 1. The van der Waals surface area contributed by atoms with Crippen molar-refractivity contribution in [1.82, 2.24) is 10.6 Å².